The van der Waals surface area contributed by atoms with E-state index in [1.165, 1.54) is 0 Å². The van der Waals surface area contributed by atoms with Gasteiger partial charge in [0.2, 0.25) is 0 Å². The molecule has 0 aliphatic carbocycles. The predicted octanol–water partition coefficient (Wildman–Crippen LogP) is 2.54. The summed E-state index contributed by atoms with van der Waals surface area (Å²) in [5.41, 5.74) is 2.23. The van der Waals surface area contributed by atoms with E-state index < -0.39 is 0 Å². The van der Waals surface area contributed by atoms with Crippen LogP contribution in [-0.4, -0.2) is 37.6 Å². The van der Waals surface area contributed by atoms with Crippen molar-refractivity contribution in [3.8, 4) is 0 Å². The lowest BCUT2D eigenvalue weighted by Crippen LogP contribution is -2.36. The highest BCUT2D eigenvalue weighted by molar-refractivity contribution is 6.31. The maximum absolute atomic E-state index is 11.0. The Morgan fingerprint density at radius 3 is 2.79 bits per heavy atom. The molecule has 1 fully saturated rings. The van der Waals surface area contributed by atoms with Gasteiger partial charge < -0.3 is 9.64 Å². The average Bonchev–Trinajstić information content (AvgIpc) is 2.47. The van der Waals surface area contributed by atoms with Crippen molar-refractivity contribution >= 4 is 34.5 Å². The number of ether oxygens (including phenoxy) is 1. The zero-order chi connectivity index (χ0) is 13.2. The molecule has 4 nitrogen and oxygen atoms in total. The second kappa shape index (κ2) is 5.15. The quantitative estimate of drug-likeness (QED) is 0.791. The molecule has 0 atom stereocenters. The first-order valence-electron chi connectivity index (χ1n) is 6.16. The molecular formula is C14H13ClN2O2. The zero-order valence-corrected chi connectivity index (χ0v) is 11.1. The predicted molar refractivity (Wildman–Crippen MR) is 75.2 cm³/mol. The number of hydrogen-bond acceptors (Lipinski definition) is 4. The molecule has 5 heteroatoms. The summed E-state index contributed by atoms with van der Waals surface area (Å²) in [6.45, 7) is 3.01. The molecule has 1 aromatic heterocycles. The number of halogens is 1. The van der Waals surface area contributed by atoms with Gasteiger partial charge in [-0.25, -0.2) is 4.98 Å². The van der Waals surface area contributed by atoms with Crippen molar-refractivity contribution in [1.29, 1.82) is 0 Å². The molecule has 2 aromatic rings. The molecule has 0 N–H and O–H groups in total. The topological polar surface area (TPSA) is 42.4 Å². The van der Waals surface area contributed by atoms with Crippen molar-refractivity contribution in [2.75, 3.05) is 31.2 Å². The Hall–Kier alpha value is -1.65. The molecule has 0 bridgehead atoms. The van der Waals surface area contributed by atoms with Crippen molar-refractivity contribution in [2.24, 2.45) is 0 Å². The summed E-state index contributed by atoms with van der Waals surface area (Å²) in [7, 11) is 0. The van der Waals surface area contributed by atoms with Crippen molar-refractivity contribution in [1.82, 2.24) is 4.98 Å². The van der Waals surface area contributed by atoms with Crippen LogP contribution in [0.3, 0.4) is 0 Å². The smallest absolute Gasteiger partial charge is 0.168 e. The van der Waals surface area contributed by atoms with Gasteiger partial charge in [0.25, 0.3) is 0 Å². The molecular weight excluding hydrogens is 264 g/mol. The van der Waals surface area contributed by atoms with Gasteiger partial charge in [-0.3, -0.25) is 4.79 Å². The zero-order valence-electron chi connectivity index (χ0n) is 10.3. The van der Waals surface area contributed by atoms with Crippen LogP contribution in [0.4, 0.5) is 5.69 Å². The Morgan fingerprint density at radius 1 is 1.26 bits per heavy atom. The van der Waals surface area contributed by atoms with Gasteiger partial charge in [-0.05, 0) is 24.3 Å². The maximum atomic E-state index is 11.0. The first kappa shape index (κ1) is 12.4. The van der Waals surface area contributed by atoms with Crippen LogP contribution in [0, 0.1) is 0 Å². The molecule has 1 saturated heterocycles. The van der Waals surface area contributed by atoms with Gasteiger partial charge >= 0.3 is 0 Å². The van der Waals surface area contributed by atoms with Gasteiger partial charge in [-0.1, -0.05) is 11.6 Å². The highest BCUT2D eigenvalue weighted by Crippen LogP contribution is 2.29. The van der Waals surface area contributed by atoms with E-state index in [-0.39, 0.29) is 0 Å². The van der Waals surface area contributed by atoms with E-state index in [2.05, 4.69) is 9.88 Å². The Labute approximate surface area is 115 Å². The summed E-state index contributed by atoms with van der Waals surface area (Å²) in [4.78, 5) is 17.5. The molecule has 3 rings (SSSR count). The van der Waals surface area contributed by atoms with E-state index in [9.17, 15) is 4.79 Å². The maximum Gasteiger partial charge on any atom is 0.168 e. The Morgan fingerprint density at radius 2 is 2.05 bits per heavy atom. The molecule has 0 unspecified atom stereocenters. The van der Waals surface area contributed by atoms with E-state index in [0.29, 0.717) is 23.9 Å². The first-order valence-corrected chi connectivity index (χ1v) is 6.54. The highest BCUT2D eigenvalue weighted by atomic mass is 35.5. The highest BCUT2D eigenvalue weighted by Gasteiger charge is 2.15. The number of nitrogens with zero attached hydrogens (tertiary/aromatic N) is 2. The number of aromatic nitrogens is 1. The second-order valence-corrected chi connectivity index (χ2v) is 4.88. The number of carbonyl (C=O) groups excluding carboxylic acids is 1. The molecule has 1 aliphatic heterocycles. The second-order valence-electron chi connectivity index (χ2n) is 4.44. The number of anilines is 1. The molecule has 0 saturated carbocycles. The summed E-state index contributed by atoms with van der Waals surface area (Å²) < 4.78 is 5.36. The fraction of sp³-hybridized carbons (Fsp3) is 0.286. The van der Waals surface area contributed by atoms with Crippen LogP contribution in [-0.2, 0) is 4.74 Å². The number of pyridine rings is 1. The number of carbonyl (C=O) groups is 1. The van der Waals surface area contributed by atoms with Crippen molar-refractivity contribution in [2.45, 2.75) is 0 Å². The van der Waals surface area contributed by atoms with Crippen LogP contribution >= 0.6 is 11.6 Å². The summed E-state index contributed by atoms with van der Waals surface area (Å²) in [6, 6.07) is 7.34. The van der Waals surface area contributed by atoms with Gasteiger partial charge in [0, 0.05) is 29.2 Å². The third kappa shape index (κ3) is 2.41. The minimum absolute atomic E-state index is 0.441. The normalized spacial score (nSPS) is 15.7. The minimum Gasteiger partial charge on any atom is -0.378 e. The van der Waals surface area contributed by atoms with Crippen molar-refractivity contribution in [3.05, 3.63) is 35.0 Å². The molecule has 1 aliphatic rings. The van der Waals surface area contributed by atoms with E-state index in [4.69, 9.17) is 16.3 Å². The molecule has 0 spiro atoms. The van der Waals surface area contributed by atoms with Crippen LogP contribution in [0.5, 0.6) is 0 Å². The fourth-order valence-corrected chi connectivity index (χ4v) is 2.50. The molecule has 2 heterocycles. The fourth-order valence-electron chi connectivity index (χ4n) is 2.33. The molecule has 19 heavy (non-hydrogen) atoms. The standard InChI is InChI=1S/C14H13ClN2O2/c15-10-1-2-13-12(7-10)14(8-11(9-18)16-13)17-3-5-19-6-4-17/h1-2,7-9H,3-6H2. The van der Waals surface area contributed by atoms with E-state index >= 15 is 0 Å². The summed E-state index contributed by atoms with van der Waals surface area (Å²) in [5.74, 6) is 0. The number of benzene rings is 1. The van der Waals surface area contributed by atoms with E-state index in [1.54, 1.807) is 6.07 Å². The lowest BCUT2D eigenvalue weighted by atomic mass is 10.1. The van der Waals surface area contributed by atoms with Gasteiger partial charge in [-0.2, -0.15) is 0 Å². The van der Waals surface area contributed by atoms with Gasteiger partial charge in [0.1, 0.15) is 5.69 Å². The first-order chi connectivity index (χ1) is 9.28. The Bertz CT molecular complexity index is 624. The Kier molecular flexibility index (Phi) is 3.36. The lowest BCUT2D eigenvalue weighted by Gasteiger charge is -2.30. The number of morpholine rings is 1. The summed E-state index contributed by atoms with van der Waals surface area (Å²) in [5, 5.41) is 1.64. The number of fused-ring (bicyclic) bond motifs is 1. The molecule has 98 valence electrons. The average molecular weight is 277 g/mol. The number of rotatable bonds is 2. The Balaban J connectivity index is 2.18. The minimum atomic E-state index is 0.441. The number of hydrogen-bond donors (Lipinski definition) is 0. The van der Waals surface area contributed by atoms with E-state index in [1.807, 2.05) is 18.2 Å². The van der Waals surface area contributed by atoms with Gasteiger partial charge in [0.05, 0.1) is 18.7 Å². The third-order valence-electron chi connectivity index (χ3n) is 3.24. The molecule has 0 radical (unpaired) electrons. The number of aldehydes is 1. The summed E-state index contributed by atoms with van der Waals surface area (Å²) >= 11 is 6.06. The third-order valence-corrected chi connectivity index (χ3v) is 3.48. The van der Waals surface area contributed by atoms with Crippen molar-refractivity contribution < 1.29 is 9.53 Å². The van der Waals surface area contributed by atoms with Gasteiger partial charge in [0.15, 0.2) is 6.29 Å². The van der Waals surface area contributed by atoms with Crippen molar-refractivity contribution in [3.63, 3.8) is 0 Å². The van der Waals surface area contributed by atoms with Crippen LogP contribution in [0.15, 0.2) is 24.3 Å². The van der Waals surface area contributed by atoms with Crippen LogP contribution in [0.25, 0.3) is 10.9 Å². The lowest BCUT2D eigenvalue weighted by molar-refractivity contribution is 0.111. The monoisotopic (exact) mass is 276 g/mol. The van der Waals surface area contributed by atoms with Crippen LogP contribution in [0.2, 0.25) is 5.02 Å². The van der Waals surface area contributed by atoms with Crippen LogP contribution < -0.4 is 4.90 Å². The van der Waals surface area contributed by atoms with Crippen LogP contribution in [0.1, 0.15) is 10.5 Å². The SMILES string of the molecule is O=Cc1cc(N2CCOCC2)c2cc(Cl)ccc2n1. The molecule has 0 amide bonds. The van der Waals surface area contributed by atoms with E-state index in [0.717, 1.165) is 36.0 Å². The largest absolute Gasteiger partial charge is 0.378 e. The van der Waals surface area contributed by atoms with Gasteiger partial charge in [-0.15, -0.1) is 0 Å². The molecule has 1 aromatic carbocycles. The summed E-state index contributed by atoms with van der Waals surface area (Å²) in [6.07, 6.45) is 0.776.